The van der Waals surface area contributed by atoms with Crippen molar-refractivity contribution in [3.63, 3.8) is 0 Å². The molecule has 1 heterocycles. The first-order valence-electron chi connectivity index (χ1n) is 7.34. The van der Waals surface area contributed by atoms with Crippen molar-refractivity contribution in [2.24, 2.45) is 5.92 Å². The lowest BCUT2D eigenvalue weighted by atomic mass is 9.97. The first kappa shape index (κ1) is 16.1. The van der Waals surface area contributed by atoms with Crippen LogP contribution in [0.2, 0.25) is 0 Å². The summed E-state index contributed by atoms with van der Waals surface area (Å²) < 4.78 is 25.1. The van der Waals surface area contributed by atoms with E-state index in [0.29, 0.717) is 5.69 Å². The first-order valence-corrected chi connectivity index (χ1v) is 9.23. The number of nitrogens with one attached hydrogen (secondary N) is 2. The van der Waals surface area contributed by atoms with Crippen molar-refractivity contribution in [3.8, 4) is 0 Å². The fourth-order valence-electron chi connectivity index (χ4n) is 2.62. The number of nitrogens with zero attached hydrogens (tertiary/aromatic N) is 1. The average Bonchev–Trinajstić information content (AvgIpc) is 2.40. The lowest BCUT2D eigenvalue weighted by Crippen LogP contribution is -2.32. The monoisotopic (exact) mass is 311 g/mol. The molecule has 0 aliphatic carbocycles. The summed E-state index contributed by atoms with van der Waals surface area (Å²) >= 11 is 0. The highest BCUT2D eigenvalue weighted by Crippen LogP contribution is 2.22. The highest BCUT2D eigenvalue weighted by Gasteiger charge is 2.16. The molecular formula is C15H25N3O2S. The van der Waals surface area contributed by atoms with Crippen molar-refractivity contribution in [2.75, 3.05) is 43.0 Å². The van der Waals surface area contributed by atoms with Gasteiger partial charge in [0, 0.05) is 12.2 Å². The number of benzene rings is 1. The topological polar surface area (TPSA) is 61.4 Å². The van der Waals surface area contributed by atoms with Gasteiger partial charge in [0.2, 0.25) is 10.0 Å². The van der Waals surface area contributed by atoms with Crippen molar-refractivity contribution < 1.29 is 8.42 Å². The fraction of sp³-hybridized carbons (Fsp3) is 0.600. The molecular weight excluding hydrogens is 286 g/mol. The highest BCUT2D eigenvalue weighted by molar-refractivity contribution is 7.92. The predicted octanol–water partition coefficient (Wildman–Crippen LogP) is 2.12. The van der Waals surface area contributed by atoms with E-state index in [1.807, 2.05) is 25.1 Å². The third-order valence-corrected chi connectivity index (χ3v) is 4.55. The van der Waals surface area contributed by atoms with Gasteiger partial charge in [-0.1, -0.05) is 0 Å². The largest absolute Gasteiger partial charge is 0.385 e. The van der Waals surface area contributed by atoms with E-state index in [-0.39, 0.29) is 0 Å². The molecule has 118 valence electrons. The number of piperidine rings is 1. The summed E-state index contributed by atoms with van der Waals surface area (Å²) in [6.07, 6.45) is 3.63. The number of hydrogen-bond donors (Lipinski definition) is 2. The molecule has 0 saturated carbocycles. The van der Waals surface area contributed by atoms with Gasteiger partial charge in [0.25, 0.3) is 0 Å². The van der Waals surface area contributed by atoms with Gasteiger partial charge in [-0.25, -0.2) is 8.42 Å². The molecule has 5 nitrogen and oxygen atoms in total. The molecule has 1 aromatic rings. The van der Waals surface area contributed by atoms with E-state index in [1.165, 1.54) is 32.2 Å². The van der Waals surface area contributed by atoms with Gasteiger partial charge in [0.1, 0.15) is 0 Å². The Morgan fingerprint density at radius 1 is 1.29 bits per heavy atom. The molecule has 0 spiro atoms. The third kappa shape index (κ3) is 5.21. The van der Waals surface area contributed by atoms with E-state index in [0.717, 1.165) is 23.7 Å². The minimum atomic E-state index is -3.22. The third-order valence-electron chi connectivity index (χ3n) is 3.95. The Bertz CT molecular complexity index is 579. The van der Waals surface area contributed by atoms with Gasteiger partial charge in [-0.15, -0.1) is 0 Å². The summed E-state index contributed by atoms with van der Waals surface area (Å²) in [5.41, 5.74) is 2.61. The molecule has 0 radical (unpaired) electrons. The Balaban J connectivity index is 1.91. The molecule has 0 amide bonds. The number of anilines is 2. The summed E-state index contributed by atoms with van der Waals surface area (Å²) in [7, 11) is -1.06. The van der Waals surface area contributed by atoms with E-state index in [9.17, 15) is 8.42 Å². The number of sulfonamides is 1. The minimum absolute atomic E-state index is 0.641. The lowest BCUT2D eigenvalue weighted by Gasteiger charge is -2.29. The molecule has 1 aliphatic heterocycles. The minimum Gasteiger partial charge on any atom is -0.385 e. The van der Waals surface area contributed by atoms with Crippen LogP contribution in [0.15, 0.2) is 18.2 Å². The Morgan fingerprint density at radius 2 is 1.95 bits per heavy atom. The van der Waals surface area contributed by atoms with Gasteiger partial charge in [0.05, 0.1) is 11.9 Å². The first-order chi connectivity index (χ1) is 9.83. The van der Waals surface area contributed by atoms with Gasteiger partial charge >= 0.3 is 0 Å². The van der Waals surface area contributed by atoms with Crippen LogP contribution in [0, 0.1) is 12.8 Å². The molecule has 21 heavy (non-hydrogen) atoms. The Labute approximate surface area is 127 Å². The van der Waals surface area contributed by atoms with Crippen molar-refractivity contribution in [1.29, 1.82) is 0 Å². The number of rotatable bonds is 5. The zero-order valence-electron chi connectivity index (χ0n) is 13.0. The van der Waals surface area contributed by atoms with Crippen molar-refractivity contribution in [3.05, 3.63) is 23.8 Å². The second-order valence-electron chi connectivity index (χ2n) is 6.03. The standard InChI is InChI=1S/C15H25N3O2S/c1-12-10-14(4-5-15(12)17-21(3,19)20)16-11-13-6-8-18(2)9-7-13/h4-5,10,13,16-17H,6-9,11H2,1-3H3. The number of aryl methyl sites for hydroxylation is 1. The van der Waals surface area contributed by atoms with Crippen LogP contribution in [-0.2, 0) is 10.0 Å². The van der Waals surface area contributed by atoms with Gasteiger partial charge in [-0.3, -0.25) is 4.72 Å². The molecule has 0 unspecified atom stereocenters. The van der Waals surface area contributed by atoms with Crippen LogP contribution in [0.5, 0.6) is 0 Å². The number of likely N-dealkylation sites (tertiary alicyclic amines) is 1. The summed E-state index contributed by atoms with van der Waals surface area (Å²) in [6, 6.07) is 5.73. The van der Waals surface area contributed by atoms with Gasteiger partial charge in [-0.2, -0.15) is 0 Å². The molecule has 6 heteroatoms. The quantitative estimate of drug-likeness (QED) is 0.874. The van der Waals surface area contributed by atoms with Gasteiger partial charge in [0.15, 0.2) is 0 Å². The van der Waals surface area contributed by atoms with Gasteiger partial charge < -0.3 is 10.2 Å². The van der Waals surface area contributed by atoms with E-state index in [4.69, 9.17) is 0 Å². The van der Waals surface area contributed by atoms with Gasteiger partial charge in [-0.05, 0) is 69.6 Å². The van der Waals surface area contributed by atoms with Crippen LogP contribution in [0.25, 0.3) is 0 Å². The summed E-state index contributed by atoms with van der Waals surface area (Å²) in [5.74, 6) is 0.718. The Hall–Kier alpha value is -1.27. The van der Waals surface area contributed by atoms with E-state index < -0.39 is 10.0 Å². The van der Waals surface area contributed by atoms with Crippen LogP contribution >= 0.6 is 0 Å². The molecule has 0 bridgehead atoms. The molecule has 1 aliphatic rings. The summed E-state index contributed by atoms with van der Waals surface area (Å²) in [5, 5.41) is 3.46. The predicted molar refractivity (Wildman–Crippen MR) is 88.4 cm³/mol. The zero-order chi connectivity index (χ0) is 15.5. The smallest absolute Gasteiger partial charge is 0.229 e. The van der Waals surface area contributed by atoms with Crippen LogP contribution < -0.4 is 10.0 Å². The van der Waals surface area contributed by atoms with Crippen molar-refractivity contribution in [2.45, 2.75) is 19.8 Å². The molecule has 1 aromatic carbocycles. The maximum Gasteiger partial charge on any atom is 0.229 e. The van der Waals surface area contributed by atoms with E-state index in [1.54, 1.807) is 0 Å². The van der Waals surface area contributed by atoms with Crippen LogP contribution in [0.4, 0.5) is 11.4 Å². The molecule has 2 N–H and O–H groups in total. The maximum absolute atomic E-state index is 11.3. The van der Waals surface area contributed by atoms with Crippen molar-refractivity contribution >= 4 is 21.4 Å². The Morgan fingerprint density at radius 3 is 2.52 bits per heavy atom. The second-order valence-corrected chi connectivity index (χ2v) is 7.78. The summed E-state index contributed by atoms with van der Waals surface area (Å²) in [6.45, 7) is 5.23. The normalized spacial score (nSPS) is 17.7. The molecule has 0 aromatic heterocycles. The molecule has 0 atom stereocenters. The maximum atomic E-state index is 11.3. The summed E-state index contributed by atoms with van der Waals surface area (Å²) in [4.78, 5) is 2.37. The van der Waals surface area contributed by atoms with E-state index >= 15 is 0 Å². The Kier molecular flexibility index (Phi) is 5.11. The lowest BCUT2D eigenvalue weighted by molar-refractivity contribution is 0.226. The van der Waals surface area contributed by atoms with Crippen LogP contribution in [0.1, 0.15) is 18.4 Å². The van der Waals surface area contributed by atoms with Crippen molar-refractivity contribution in [1.82, 2.24) is 4.90 Å². The SMILES string of the molecule is Cc1cc(NCC2CCN(C)CC2)ccc1NS(C)(=O)=O. The average molecular weight is 311 g/mol. The second kappa shape index (κ2) is 6.66. The fourth-order valence-corrected chi connectivity index (χ4v) is 3.24. The number of hydrogen-bond acceptors (Lipinski definition) is 4. The molecule has 1 fully saturated rings. The molecule has 1 saturated heterocycles. The van der Waals surface area contributed by atoms with Crippen LogP contribution in [0.3, 0.4) is 0 Å². The molecule has 2 rings (SSSR count). The van der Waals surface area contributed by atoms with Crippen LogP contribution in [-0.4, -0.2) is 46.3 Å². The highest BCUT2D eigenvalue weighted by atomic mass is 32.2. The zero-order valence-corrected chi connectivity index (χ0v) is 13.8. The van der Waals surface area contributed by atoms with E-state index in [2.05, 4.69) is 22.0 Å².